The molecule has 0 spiro atoms. The number of alkyl halides is 3. The van der Waals surface area contributed by atoms with Gasteiger partial charge in [-0.25, -0.2) is 13.6 Å². The second-order valence-corrected chi connectivity index (χ2v) is 8.73. The molecule has 1 atom stereocenters. The van der Waals surface area contributed by atoms with Crippen LogP contribution in [0.1, 0.15) is 34.9 Å². The lowest BCUT2D eigenvalue weighted by Gasteiger charge is -2.16. The molecule has 4 nitrogen and oxygen atoms in total. The van der Waals surface area contributed by atoms with Gasteiger partial charge in [0, 0.05) is 15.3 Å². The van der Waals surface area contributed by atoms with Crippen molar-refractivity contribution in [2.75, 3.05) is 0 Å². The van der Waals surface area contributed by atoms with E-state index in [2.05, 4.69) is 0 Å². The summed E-state index contributed by atoms with van der Waals surface area (Å²) in [6.45, 7) is 5.27. The van der Waals surface area contributed by atoms with Crippen LogP contribution in [0.4, 0.5) is 22.0 Å². The molecule has 0 saturated carbocycles. The number of thiophene rings is 1. The molecule has 0 aliphatic heterocycles. The molecule has 1 heterocycles. The smallest absolute Gasteiger partial charge is 0.419 e. The Labute approximate surface area is 196 Å². The van der Waals surface area contributed by atoms with E-state index >= 15 is 0 Å². The summed E-state index contributed by atoms with van der Waals surface area (Å²) in [7, 11) is 0. The zero-order valence-corrected chi connectivity index (χ0v) is 19.2. The van der Waals surface area contributed by atoms with E-state index in [0.29, 0.717) is 40.0 Å². The van der Waals surface area contributed by atoms with Crippen molar-refractivity contribution >= 4 is 17.3 Å². The third kappa shape index (κ3) is 5.67. The van der Waals surface area contributed by atoms with Crippen LogP contribution in [0.3, 0.4) is 0 Å². The number of ether oxygens (including phenoxy) is 2. The van der Waals surface area contributed by atoms with Gasteiger partial charge in [0.1, 0.15) is 29.7 Å². The van der Waals surface area contributed by atoms with Crippen LogP contribution >= 0.6 is 11.3 Å². The fourth-order valence-electron chi connectivity index (χ4n) is 3.20. The fraction of sp³-hybridized carbons (Fsp3) is 0.292. The number of carboxylic acid groups (broad SMARTS) is 1. The predicted molar refractivity (Wildman–Crippen MR) is 117 cm³/mol. The number of halogens is 5. The standard InChI is InChI=1S/C24H21F5O4S/c1-4-19(23(30)31)33-20-6-5-14(7-12(20)2)32-11-22-13(3)8-21(34-22)15-9-18(26)16(10-17(15)25)24(27,28)29/h5-10,19H,4,11H2,1-3H3,(H,30,31). The van der Waals surface area contributed by atoms with Crippen LogP contribution in [0.25, 0.3) is 10.4 Å². The minimum absolute atomic E-state index is 0.0909. The lowest BCUT2D eigenvalue weighted by molar-refractivity contribution is -0.145. The third-order valence-corrected chi connectivity index (χ3v) is 6.32. The lowest BCUT2D eigenvalue weighted by Crippen LogP contribution is -2.26. The second-order valence-electron chi connectivity index (χ2n) is 7.60. The molecular formula is C24H21F5O4S. The van der Waals surface area contributed by atoms with Gasteiger partial charge in [-0.2, -0.15) is 13.2 Å². The van der Waals surface area contributed by atoms with Crippen LogP contribution in [0, 0.1) is 25.5 Å². The molecule has 182 valence electrons. The van der Waals surface area contributed by atoms with Crippen LogP contribution in [0.5, 0.6) is 11.5 Å². The Morgan fingerprint density at radius 2 is 1.76 bits per heavy atom. The Morgan fingerprint density at radius 1 is 1.06 bits per heavy atom. The number of hydrogen-bond donors (Lipinski definition) is 1. The van der Waals surface area contributed by atoms with Crippen molar-refractivity contribution in [3.8, 4) is 21.9 Å². The molecule has 0 saturated heterocycles. The minimum Gasteiger partial charge on any atom is -0.488 e. The van der Waals surface area contributed by atoms with Crippen LogP contribution in [0.15, 0.2) is 36.4 Å². The van der Waals surface area contributed by atoms with E-state index < -0.39 is 35.4 Å². The average molecular weight is 500 g/mol. The number of carboxylic acids is 1. The summed E-state index contributed by atoms with van der Waals surface area (Å²) in [5.74, 6) is -2.87. The van der Waals surface area contributed by atoms with Crippen molar-refractivity contribution in [2.24, 2.45) is 0 Å². The third-order valence-electron chi connectivity index (χ3n) is 5.08. The van der Waals surface area contributed by atoms with Crippen molar-refractivity contribution in [1.29, 1.82) is 0 Å². The number of aryl methyl sites for hydroxylation is 2. The molecular weight excluding hydrogens is 479 g/mol. The molecule has 1 aromatic heterocycles. The van der Waals surface area contributed by atoms with E-state index in [9.17, 15) is 26.7 Å². The molecule has 10 heteroatoms. The minimum atomic E-state index is -4.99. The quantitative estimate of drug-likeness (QED) is 0.334. The highest BCUT2D eigenvalue weighted by atomic mass is 32.1. The summed E-state index contributed by atoms with van der Waals surface area (Å²) >= 11 is 1.09. The molecule has 0 amide bonds. The predicted octanol–water partition coefficient (Wildman–Crippen LogP) is 7.15. The first kappa shape index (κ1) is 25.5. The van der Waals surface area contributed by atoms with Gasteiger partial charge < -0.3 is 14.6 Å². The van der Waals surface area contributed by atoms with Crippen molar-refractivity contribution in [1.82, 2.24) is 0 Å². The van der Waals surface area contributed by atoms with E-state index in [1.807, 2.05) is 0 Å². The van der Waals surface area contributed by atoms with Gasteiger partial charge in [0.2, 0.25) is 0 Å². The molecule has 34 heavy (non-hydrogen) atoms. The van der Waals surface area contributed by atoms with Crippen molar-refractivity contribution in [3.63, 3.8) is 0 Å². The van der Waals surface area contributed by atoms with Gasteiger partial charge in [0.25, 0.3) is 0 Å². The SMILES string of the molecule is CCC(Oc1ccc(OCc2sc(-c3cc(F)c(C(F)(F)F)cc3F)cc2C)cc1C)C(=O)O. The number of aliphatic carboxylic acids is 1. The van der Waals surface area contributed by atoms with Crippen LogP contribution in [-0.4, -0.2) is 17.2 Å². The summed E-state index contributed by atoms with van der Waals surface area (Å²) in [5.41, 5.74) is -0.528. The summed E-state index contributed by atoms with van der Waals surface area (Å²) in [6, 6.07) is 7.17. The molecule has 0 radical (unpaired) electrons. The molecule has 0 aliphatic carbocycles. The average Bonchev–Trinajstić information content (AvgIpc) is 3.12. The maximum Gasteiger partial charge on any atom is 0.419 e. The summed E-state index contributed by atoms with van der Waals surface area (Å²) in [5, 5.41) is 9.14. The Morgan fingerprint density at radius 3 is 2.35 bits per heavy atom. The molecule has 1 unspecified atom stereocenters. The zero-order chi connectivity index (χ0) is 25.2. The van der Waals surface area contributed by atoms with Gasteiger partial charge >= 0.3 is 12.1 Å². The molecule has 0 aliphatic rings. The maximum atomic E-state index is 14.3. The first-order valence-corrected chi connectivity index (χ1v) is 11.0. The summed E-state index contributed by atoms with van der Waals surface area (Å²) in [6.07, 6.45) is -5.65. The number of carbonyl (C=O) groups is 1. The molecule has 2 aromatic carbocycles. The topological polar surface area (TPSA) is 55.8 Å². The maximum absolute atomic E-state index is 14.3. The van der Waals surface area contributed by atoms with Crippen molar-refractivity contribution < 1.29 is 41.3 Å². The molecule has 0 fully saturated rings. The highest BCUT2D eigenvalue weighted by molar-refractivity contribution is 7.15. The van der Waals surface area contributed by atoms with E-state index in [1.54, 1.807) is 45.0 Å². The molecule has 3 rings (SSSR count). The highest BCUT2D eigenvalue weighted by Gasteiger charge is 2.35. The van der Waals surface area contributed by atoms with E-state index in [0.717, 1.165) is 11.3 Å². The van der Waals surface area contributed by atoms with Crippen LogP contribution in [0.2, 0.25) is 0 Å². The van der Waals surface area contributed by atoms with Crippen molar-refractivity contribution in [3.05, 3.63) is 69.6 Å². The Bertz CT molecular complexity index is 1200. The van der Waals surface area contributed by atoms with Crippen molar-refractivity contribution in [2.45, 2.75) is 46.1 Å². The second kappa shape index (κ2) is 10.0. The first-order valence-electron chi connectivity index (χ1n) is 10.2. The first-order chi connectivity index (χ1) is 15.9. The van der Waals surface area contributed by atoms with Gasteiger partial charge in [-0.1, -0.05) is 6.92 Å². The van der Waals surface area contributed by atoms with Gasteiger partial charge in [-0.05, 0) is 67.8 Å². The summed E-state index contributed by atoms with van der Waals surface area (Å²) in [4.78, 5) is 12.1. The summed E-state index contributed by atoms with van der Waals surface area (Å²) < 4.78 is 78.0. The molecule has 1 N–H and O–H groups in total. The van der Waals surface area contributed by atoms with Gasteiger partial charge in [-0.15, -0.1) is 11.3 Å². The monoisotopic (exact) mass is 500 g/mol. The Balaban J connectivity index is 1.76. The van der Waals surface area contributed by atoms with E-state index in [-0.39, 0.29) is 23.1 Å². The van der Waals surface area contributed by atoms with E-state index in [1.165, 1.54) is 0 Å². The fourth-order valence-corrected chi connectivity index (χ4v) is 4.31. The number of benzene rings is 2. The Kier molecular flexibility index (Phi) is 7.50. The van der Waals surface area contributed by atoms with E-state index in [4.69, 9.17) is 14.6 Å². The van der Waals surface area contributed by atoms with Gasteiger partial charge in [0.15, 0.2) is 6.10 Å². The number of rotatable bonds is 8. The zero-order valence-electron chi connectivity index (χ0n) is 18.4. The highest BCUT2D eigenvalue weighted by Crippen LogP contribution is 2.38. The number of hydrogen-bond acceptors (Lipinski definition) is 4. The van der Waals surface area contributed by atoms with Crippen LogP contribution in [-0.2, 0) is 17.6 Å². The normalized spacial score (nSPS) is 12.5. The van der Waals surface area contributed by atoms with Gasteiger partial charge in [-0.3, -0.25) is 0 Å². The molecule has 3 aromatic rings. The van der Waals surface area contributed by atoms with Crippen LogP contribution < -0.4 is 9.47 Å². The largest absolute Gasteiger partial charge is 0.488 e. The Hall–Kier alpha value is -3.14. The molecule has 0 bridgehead atoms. The lowest BCUT2D eigenvalue weighted by atomic mass is 10.1. The van der Waals surface area contributed by atoms with Gasteiger partial charge in [0.05, 0.1) is 5.56 Å².